The van der Waals surface area contributed by atoms with Crippen LogP contribution >= 0.6 is 0 Å². The molecular formula is C20H40O3. The van der Waals surface area contributed by atoms with Gasteiger partial charge in [0.15, 0.2) is 0 Å². The summed E-state index contributed by atoms with van der Waals surface area (Å²) in [5.41, 5.74) is -0.201. The molecular weight excluding hydrogens is 288 g/mol. The Bertz CT molecular complexity index is 269. The third-order valence-corrected chi connectivity index (χ3v) is 3.82. The molecule has 0 spiro atoms. The largest absolute Gasteiger partial charge is 0.300 e. The SMILES string of the molecule is CC(=O)CCCCCCCCCCCCCCOOC(C)(C)C. The summed E-state index contributed by atoms with van der Waals surface area (Å²) in [4.78, 5) is 21.2. The number of rotatable bonds is 16. The molecule has 0 aliphatic carbocycles. The Morgan fingerprint density at radius 1 is 0.696 bits per heavy atom. The van der Waals surface area contributed by atoms with E-state index in [1.54, 1.807) is 6.92 Å². The van der Waals surface area contributed by atoms with Crippen LogP contribution in [0.15, 0.2) is 0 Å². The smallest absolute Gasteiger partial charge is 0.129 e. The van der Waals surface area contributed by atoms with E-state index in [-0.39, 0.29) is 5.60 Å². The van der Waals surface area contributed by atoms with Gasteiger partial charge in [0.2, 0.25) is 0 Å². The fourth-order valence-electron chi connectivity index (χ4n) is 2.52. The van der Waals surface area contributed by atoms with Crippen molar-refractivity contribution in [1.82, 2.24) is 0 Å². The molecule has 0 unspecified atom stereocenters. The Hall–Kier alpha value is -0.410. The van der Waals surface area contributed by atoms with Gasteiger partial charge in [0.05, 0.1) is 12.2 Å². The summed E-state index contributed by atoms with van der Waals surface area (Å²) in [6.45, 7) is 8.39. The lowest BCUT2D eigenvalue weighted by Gasteiger charge is -2.17. The van der Waals surface area contributed by atoms with Crippen molar-refractivity contribution in [3.8, 4) is 0 Å². The molecule has 0 aromatic carbocycles. The second-order valence-corrected chi connectivity index (χ2v) is 7.71. The highest BCUT2D eigenvalue weighted by molar-refractivity contribution is 5.75. The number of unbranched alkanes of at least 4 members (excludes halogenated alkanes) is 11. The van der Waals surface area contributed by atoms with Crippen LogP contribution in [-0.4, -0.2) is 18.0 Å². The fraction of sp³-hybridized carbons (Fsp3) is 0.950. The number of Topliss-reactive ketones (excluding diaryl/α,β-unsaturated/α-hetero) is 1. The second kappa shape index (κ2) is 15.1. The Morgan fingerprint density at radius 2 is 1.09 bits per heavy atom. The zero-order chi connectivity index (χ0) is 17.4. The monoisotopic (exact) mass is 328 g/mol. The predicted octanol–water partition coefficient (Wildman–Crippen LogP) is 6.39. The Labute approximate surface area is 144 Å². The lowest BCUT2D eigenvalue weighted by molar-refractivity contribution is -0.348. The molecule has 0 fully saturated rings. The van der Waals surface area contributed by atoms with Crippen LogP contribution in [0.2, 0.25) is 0 Å². The summed E-state index contributed by atoms with van der Waals surface area (Å²) in [6, 6.07) is 0. The summed E-state index contributed by atoms with van der Waals surface area (Å²) >= 11 is 0. The van der Waals surface area contributed by atoms with Crippen LogP contribution in [0.5, 0.6) is 0 Å². The Morgan fingerprint density at radius 3 is 1.48 bits per heavy atom. The van der Waals surface area contributed by atoms with Crippen molar-refractivity contribution in [3.63, 3.8) is 0 Å². The summed E-state index contributed by atoms with van der Waals surface area (Å²) in [7, 11) is 0. The van der Waals surface area contributed by atoms with E-state index in [0.29, 0.717) is 12.4 Å². The molecule has 0 aliphatic rings. The van der Waals surface area contributed by atoms with E-state index in [9.17, 15) is 4.79 Å². The predicted molar refractivity (Wildman–Crippen MR) is 97.5 cm³/mol. The normalized spacial score (nSPS) is 11.8. The van der Waals surface area contributed by atoms with Gasteiger partial charge in [-0.05, 0) is 40.5 Å². The first-order chi connectivity index (χ1) is 10.9. The summed E-state index contributed by atoms with van der Waals surface area (Å²) in [5.74, 6) is 0.332. The lowest BCUT2D eigenvalue weighted by Crippen LogP contribution is -2.19. The summed E-state index contributed by atoms with van der Waals surface area (Å²) in [6.07, 6.45) is 16.2. The van der Waals surface area contributed by atoms with E-state index in [1.807, 2.05) is 20.8 Å². The van der Waals surface area contributed by atoms with Crippen LogP contribution in [0.3, 0.4) is 0 Å². The molecule has 3 nitrogen and oxygen atoms in total. The Balaban J connectivity index is 3.04. The topological polar surface area (TPSA) is 35.5 Å². The zero-order valence-corrected chi connectivity index (χ0v) is 16.1. The maximum absolute atomic E-state index is 10.8. The van der Waals surface area contributed by atoms with Crippen molar-refractivity contribution in [3.05, 3.63) is 0 Å². The van der Waals surface area contributed by atoms with Crippen LogP contribution in [0, 0.1) is 0 Å². The minimum absolute atomic E-state index is 0.201. The molecule has 0 saturated carbocycles. The van der Waals surface area contributed by atoms with Gasteiger partial charge >= 0.3 is 0 Å². The van der Waals surface area contributed by atoms with Crippen LogP contribution in [-0.2, 0) is 14.6 Å². The number of carbonyl (C=O) groups excluding carboxylic acids is 1. The fourth-order valence-corrected chi connectivity index (χ4v) is 2.52. The van der Waals surface area contributed by atoms with Crippen LogP contribution in [0.25, 0.3) is 0 Å². The first kappa shape index (κ1) is 22.6. The Kier molecular flexibility index (Phi) is 14.9. The van der Waals surface area contributed by atoms with Gasteiger partial charge in [0.1, 0.15) is 5.78 Å². The molecule has 0 N–H and O–H groups in total. The van der Waals surface area contributed by atoms with E-state index >= 15 is 0 Å². The average Bonchev–Trinajstić information content (AvgIpc) is 2.45. The van der Waals surface area contributed by atoms with Crippen molar-refractivity contribution >= 4 is 5.78 Å². The second-order valence-electron chi connectivity index (χ2n) is 7.71. The lowest BCUT2D eigenvalue weighted by atomic mass is 10.0. The molecule has 0 saturated heterocycles. The van der Waals surface area contributed by atoms with E-state index in [2.05, 4.69) is 0 Å². The van der Waals surface area contributed by atoms with Gasteiger partial charge in [-0.15, -0.1) is 0 Å². The molecule has 0 radical (unpaired) electrons. The van der Waals surface area contributed by atoms with Crippen molar-refractivity contribution in [2.75, 3.05) is 6.61 Å². The van der Waals surface area contributed by atoms with Crippen molar-refractivity contribution < 1.29 is 14.6 Å². The van der Waals surface area contributed by atoms with Gasteiger partial charge < -0.3 is 4.79 Å². The third-order valence-electron chi connectivity index (χ3n) is 3.82. The highest BCUT2D eigenvalue weighted by Crippen LogP contribution is 2.13. The van der Waals surface area contributed by atoms with E-state index in [4.69, 9.17) is 9.78 Å². The van der Waals surface area contributed by atoms with Gasteiger partial charge in [0, 0.05) is 6.42 Å². The quantitative estimate of drug-likeness (QED) is 0.187. The standard InChI is InChI=1S/C20H40O3/c1-19(21)17-15-13-11-9-7-5-6-8-10-12-14-16-18-22-23-20(2,3)4/h5-18H2,1-4H3. The average molecular weight is 329 g/mol. The van der Waals surface area contributed by atoms with Crippen molar-refractivity contribution in [2.24, 2.45) is 0 Å². The van der Waals surface area contributed by atoms with Gasteiger partial charge in [-0.2, -0.15) is 0 Å². The van der Waals surface area contributed by atoms with E-state index in [1.165, 1.54) is 64.2 Å². The molecule has 0 atom stereocenters. The molecule has 23 heavy (non-hydrogen) atoms. The molecule has 0 bridgehead atoms. The molecule has 0 rings (SSSR count). The minimum atomic E-state index is -0.201. The molecule has 3 heteroatoms. The number of hydrogen-bond donors (Lipinski definition) is 0. The molecule has 138 valence electrons. The highest BCUT2D eigenvalue weighted by Gasteiger charge is 2.10. The molecule has 0 aromatic heterocycles. The number of hydrogen-bond acceptors (Lipinski definition) is 3. The van der Waals surface area contributed by atoms with Gasteiger partial charge in [0.25, 0.3) is 0 Å². The molecule has 0 aromatic rings. The van der Waals surface area contributed by atoms with Crippen molar-refractivity contribution in [2.45, 2.75) is 117 Å². The molecule has 0 aliphatic heterocycles. The zero-order valence-electron chi connectivity index (χ0n) is 16.1. The van der Waals surface area contributed by atoms with Crippen LogP contribution in [0.4, 0.5) is 0 Å². The summed E-state index contributed by atoms with van der Waals surface area (Å²) < 4.78 is 0. The van der Waals surface area contributed by atoms with Crippen LogP contribution < -0.4 is 0 Å². The first-order valence-corrected chi connectivity index (χ1v) is 9.72. The number of carbonyl (C=O) groups is 1. The van der Waals surface area contributed by atoms with E-state index in [0.717, 1.165) is 19.3 Å². The van der Waals surface area contributed by atoms with Crippen LogP contribution in [0.1, 0.15) is 111 Å². The molecule has 0 heterocycles. The minimum Gasteiger partial charge on any atom is -0.300 e. The summed E-state index contributed by atoms with van der Waals surface area (Å²) in [5, 5.41) is 0. The van der Waals surface area contributed by atoms with E-state index < -0.39 is 0 Å². The highest BCUT2D eigenvalue weighted by atomic mass is 17.2. The molecule has 0 amide bonds. The maximum Gasteiger partial charge on any atom is 0.129 e. The van der Waals surface area contributed by atoms with Gasteiger partial charge in [-0.1, -0.05) is 64.2 Å². The van der Waals surface area contributed by atoms with Gasteiger partial charge in [-0.3, -0.25) is 0 Å². The first-order valence-electron chi connectivity index (χ1n) is 9.72. The third kappa shape index (κ3) is 21.6. The van der Waals surface area contributed by atoms with Crippen molar-refractivity contribution in [1.29, 1.82) is 0 Å². The maximum atomic E-state index is 10.8. The van der Waals surface area contributed by atoms with Gasteiger partial charge in [-0.25, -0.2) is 9.78 Å². The number of ketones is 1.